The van der Waals surface area contributed by atoms with Crippen molar-refractivity contribution in [2.45, 2.75) is 38.1 Å². The lowest BCUT2D eigenvalue weighted by atomic mass is 9.93. The first kappa shape index (κ1) is 22.6. The molecule has 3 aromatic rings. The fourth-order valence-corrected chi connectivity index (χ4v) is 4.49. The van der Waals surface area contributed by atoms with Crippen molar-refractivity contribution in [3.63, 3.8) is 0 Å². The number of methoxy groups -OCH3 is 1. The van der Waals surface area contributed by atoms with Crippen LogP contribution in [0.1, 0.15) is 42.3 Å². The molecule has 2 aromatic carbocycles. The van der Waals surface area contributed by atoms with Crippen molar-refractivity contribution in [2.24, 2.45) is 0 Å². The number of carbonyl (C=O) groups excluding carboxylic acids is 1. The molecule has 1 aromatic heterocycles. The summed E-state index contributed by atoms with van der Waals surface area (Å²) in [5, 5.41) is 2.85. The van der Waals surface area contributed by atoms with Gasteiger partial charge >= 0.3 is 0 Å². The molecule has 0 radical (unpaired) electrons. The van der Waals surface area contributed by atoms with Gasteiger partial charge in [0, 0.05) is 23.6 Å². The molecule has 164 valence electrons. The summed E-state index contributed by atoms with van der Waals surface area (Å²) in [7, 11) is -2.02. The standard InChI is InChI=1S/C23H26N2O5S/c1-14-17(21(26)18-13-24-25(22(18)27)23(2,3)4)11-12-19(31(6,28)29)20(14)15-7-9-16(30-5)10-8-15/h7-13,24H,1-6H3. The van der Waals surface area contributed by atoms with Crippen LogP contribution in [0.3, 0.4) is 0 Å². The van der Waals surface area contributed by atoms with Gasteiger partial charge in [-0.3, -0.25) is 9.59 Å². The molecule has 1 N–H and O–H groups in total. The van der Waals surface area contributed by atoms with E-state index < -0.39 is 26.7 Å². The summed E-state index contributed by atoms with van der Waals surface area (Å²) in [6, 6.07) is 9.83. The molecule has 0 aliphatic rings. The monoisotopic (exact) mass is 442 g/mol. The van der Waals surface area contributed by atoms with Crippen LogP contribution in [0, 0.1) is 6.92 Å². The van der Waals surface area contributed by atoms with Crippen LogP contribution in [0.25, 0.3) is 11.1 Å². The Balaban J connectivity index is 2.23. The predicted octanol–water partition coefficient (Wildman–Crippen LogP) is 3.55. The summed E-state index contributed by atoms with van der Waals surface area (Å²) >= 11 is 0. The SMILES string of the molecule is COc1ccc(-c2c(S(C)(=O)=O)ccc(C(=O)c3c[nH]n(C(C)(C)C)c3=O)c2C)cc1. The topological polar surface area (TPSA) is 98.2 Å². The number of H-pyrrole nitrogens is 1. The number of nitrogens with one attached hydrogen (secondary N) is 1. The third-order valence-corrected chi connectivity index (χ3v) is 6.28. The van der Waals surface area contributed by atoms with Gasteiger partial charge in [-0.15, -0.1) is 0 Å². The molecule has 31 heavy (non-hydrogen) atoms. The highest BCUT2D eigenvalue weighted by Crippen LogP contribution is 2.34. The quantitative estimate of drug-likeness (QED) is 0.610. The molecule has 0 fully saturated rings. The fourth-order valence-electron chi connectivity index (χ4n) is 3.53. The van der Waals surface area contributed by atoms with Crippen LogP contribution in [0.4, 0.5) is 0 Å². The lowest BCUT2D eigenvalue weighted by Crippen LogP contribution is -2.34. The molecule has 0 saturated heterocycles. The van der Waals surface area contributed by atoms with Gasteiger partial charge < -0.3 is 9.84 Å². The minimum Gasteiger partial charge on any atom is -0.497 e. The first-order valence-electron chi connectivity index (χ1n) is 9.70. The number of aromatic amines is 1. The van der Waals surface area contributed by atoms with Crippen LogP contribution in [0.5, 0.6) is 5.75 Å². The van der Waals surface area contributed by atoms with Crippen molar-refractivity contribution >= 4 is 15.6 Å². The molecule has 0 aliphatic carbocycles. The highest BCUT2D eigenvalue weighted by atomic mass is 32.2. The summed E-state index contributed by atoms with van der Waals surface area (Å²) in [4.78, 5) is 26.2. The molecule has 7 nitrogen and oxygen atoms in total. The number of carbonyl (C=O) groups is 1. The van der Waals surface area contributed by atoms with E-state index in [-0.39, 0.29) is 16.0 Å². The second kappa shape index (κ2) is 7.85. The van der Waals surface area contributed by atoms with E-state index in [1.54, 1.807) is 38.3 Å². The Morgan fingerprint density at radius 1 is 1.03 bits per heavy atom. The molecule has 0 spiro atoms. The van der Waals surface area contributed by atoms with E-state index in [0.29, 0.717) is 22.4 Å². The van der Waals surface area contributed by atoms with Crippen molar-refractivity contribution < 1.29 is 17.9 Å². The van der Waals surface area contributed by atoms with Gasteiger partial charge in [0.05, 0.1) is 17.5 Å². The molecule has 0 aliphatic heterocycles. The van der Waals surface area contributed by atoms with Gasteiger partial charge in [0.15, 0.2) is 15.6 Å². The normalized spacial score (nSPS) is 12.1. The lowest BCUT2D eigenvalue weighted by Gasteiger charge is -2.18. The van der Waals surface area contributed by atoms with Crippen molar-refractivity contribution in [2.75, 3.05) is 13.4 Å². The van der Waals surface area contributed by atoms with Gasteiger partial charge in [-0.1, -0.05) is 12.1 Å². The summed E-state index contributed by atoms with van der Waals surface area (Å²) in [6.07, 6.45) is 2.53. The molecule has 3 rings (SSSR count). The number of hydrogen-bond acceptors (Lipinski definition) is 5. The van der Waals surface area contributed by atoms with Crippen LogP contribution >= 0.6 is 0 Å². The number of benzene rings is 2. The Morgan fingerprint density at radius 2 is 1.65 bits per heavy atom. The molecule has 0 bridgehead atoms. The molecule has 0 atom stereocenters. The largest absolute Gasteiger partial charge is 0.497 e. The number of sulfone groups is 1. The van der Waals surface area contributed by atoms with Gasteiger partial charge in [0.1, 0.15) is 11.3 Å². The first-order chi connectivity index (χ1) is 14.4. The number of ether oxygens (including phenoxy) is 1. The molecule has 0 saturated carbocycles. The number of aromatic nitrogens is 2. The molecular formula is C23H26N2O5S. The Bertz CT molecular complexity index is 1310. The zero-order chi connectivity index (χ0) is 23.1. The van der Waals surface area contributed by atoms with Crippen LogP contribution in [0.15, 0.2) is 52.3 Å². The fraction of sp³-hybridized carbons (Fsp3) is 0.304. The van der Waals surface area contributed by atoms with Crippen molar-refractivity contribution in [1.29, 1.82) is 0 Å². The van der Waals surface area contributed by atoms with Gasteiger partial charge in [-0.25, -0.2) is 13.1 Å². The molecular weight excluding hydrogens is 416 g/mol. The molecule has 8 heteroatoms. The smallest absolute Gasteiger partial charge is 0.278 e. The Labute approximate surface area is 181 Å². The Kier molecular flexibility index (Phi) is 5.71. The van der Waals surface area contributed by atoms with E-state index in [1.165, 1.54) is 23.0 Å². The summed E-state index contributed by atoms with van der Waals surface area (Å²) < 4.78 is 31.5. The maximum atomic E-state index is 13.3. The van der Waals surface area contributed by atoms with Crippen molar-refractivity contribution in [1.82, 2.24) is 9.78 Å². The average molecular weight is 443 g/mol. The van der Waals surface area contributed by atoms with Crippen molar-refractivity contribution in [3.05, 3.63) is 69.6 Å². The third kappa shape index (κ3) is 4.20. The van der Waals surface area contributed by atoms with Crippen LogP contribution in [0.2, 0.25) is 0 Å². The van der Waals surface area contributed by atoms with Crippen LogP contribution < -0.4 is 10.3 Å². The van der Waals surface area contributed by atoms with E-state index >= 15 is 0 Å². The number of rotatable bonds is 5. The summed E-state index contributed by atoms with van der Waals surface area (Å²) in [6.45, 7) is 7.25. The molecule has 0 amide bonds. The maximum Gasteiger partial charge on any atom is 0.278 e. The number of hydrogen-bond donors (Lipinski definition) is 1. The predicted molar refractivity (Wildman–Crippen MR) is 120 cm³/mol. The van der Waals surface area contributed by atoms with E-state index in [0.717, 1.165) is 6.26 Å². The van der Waals surface area contributed by atoms with Gasteiger partial charge in [0.25, 0.3) is 5.56 Å². The lowest BCUT2D eigenvalue weighted by molar-refractivity contribution is 0.103. The molecule has 1 heterocycles. The minimum atomic E-state index is -3.56. The molecule has 0 unspecified atom stereocenters. The van der Waals surface area contributed by atoms with Crippen LogP contribution in [-0.4, -0.2) is 37.3 Å². The summed E-state index contributed by atoms with van der Waals surface area (Å²) in [5.74, 6) is 0.168. The van der Waals surface area contributed by atoms with Gasteiger partial charge in [-0.2, -0.15) is 0 Å². The maximum absolute atomic E-state index is 13.3. The average Bonchev–Trinajstić information content (AvgIpc) is 3.08. The van der Waals surface area contributed by atoms with Crippen molar-refractivity contribution in [3.8, 4) is 16.9 Å². The van der Waals surface area contributed by atoms with E-state index in [1.807, 2.05) is 20.8 Å². The Morgan fingerprint density at radius 3 is 2.13 bits per heavy atom. The number of ketones is 1. The van der Waals surface area contributed by atoms with E-state index in [4.69, 9.17) is 4.74 Å². The van der Waals surface area contributed by atoms with Gasteiger partial charge in [0.2, 0.25) is 0 Å². The second-order valence-corrected chi connectivity index (χ2v) is 10.4. The van der Waals surface area contributed by atoms with Crippen LogP contribution in [-0.2, 0) is 15.4 Å². The zero-order valence-electron chi connectivity index (χ0n) is 18.4. The highest BCUT2D eigenvalue weighted by Gasteiger charge is 2.26. The van der Waals surface area contributed by atoms with E-state index in [2.05, 4.69) is 5.10 Å². The van der Waals surface area contributed by atoms with E-state index in [9.17, 15) is 18.0 Å². The Hall–Kier alpha value is -3.13. The third-order valence-electron chi connectivity index (χ3n) is 5.14. The minimum absolute atomic E-state index is 0.00538. The summed E-state index contributed by atoms with van der Waals surface area (Å²) in [5.41, 5.74) is 0.897. The number of nitrogens with zero attached hydrogens (tertiary/aromatic N) is 1. The second-order valence-electron chi connectivity index (χ2n) is 8.44. The highest BCUT2D eigenvalue weighted by molar-refractivity contribution is 7.90. The van der Waals surface area contributed by atoms with Gasteiger partial charge in [-0.05, 0) is 63.1 Å². The first-order valence-corrected chi connectivity index (χ1v) is 11.6. The zero-order valence-corrected chi connectivity index (χ0v) is 19.3.